The van der Waals surface area contributed by atoms with E-state index >= 15 is 0 Å². The van der Waals surface area contributed by atoms with Gasteiger partial charge in [-0.2, -0.15) is 0 Å². The van der Waals surface area contributed by atoms with Crippen molar-refractivity contribution in [3.63, 3.8) is 0 Å². The van der Waals surface area contributed by atoms with Crippen LogP contribution < -0.4 is 11.1 Å². The molecule has 1 aliphatic carbocycles. The van der Waals surface area contributed by atoms with E-state index in [9.17, 15) is 9.59 Å². The summed E-state index contributed by atoms with van der Waals surface area (Å²) in [5.41, 5.74) is 8.69. The number of rotatable bonds is 10. The fourth-order valence-electron chi connectivity index (χ4n) is 3.41. The fourth-order valence-corrected chi connectivity index (χ4v) is 5.16. The fraction of sp³-hybridized carbons (Fsp3) is 0.462. The SMILES string of the molecule is CC.CC.CCSSCCN(C)CCCNc1ccc(N)c2c1C(=O)c1ccccc1C2=O. The van der Waals surface area contributed by atoms with Gasteiger partial charge < -0.3 is 16.0 Å². The van der Waals surface area contributed by atoms with Gasteiger partial charge in [0.1, 0.15) is 0 Å². The normalized spacial score (nSPS) is 11.6. The summed E-state index contributed by atoms with van der Waals surface area (Å²) in [6.07, 6.45) is 0.944. The van der Waals surface area contributed by atoms with Crippen LogP contribution in [0.25, 0.3) is 0 Å². The molecule has 1 aliphatic rings. The standard InChI is InChI=1S/C22H27N3O2S2.2C2H6/c1-3-28-29-14-13-25(2)12-6-11-24-18-10-9-17(23)19-20(18)22(27)16-8-5-4-7-15(16)21(19)26;2*1-2/h4-5,7-10,24H,3,6,11-14,23H2,1-2H3;2*1-2H3. The van der Waals surface area contributed by atoms with Crippen molar-refractivity contribution in [2.24, 2.45) is 0 Å². The lowest BCUT2D eigenvalue weighted by molar-refractivity contribution is 0.0980. The summed E-state index contributed by atoms with van der Waals surface area (Å²) in [5, 5.41) is 3.35. The third-order valence-electron chi connectivity index (χ3n) is 4.90. The Morgan fingerprint density at radius 3 is 2.09 bits per heavy atom. The molecule has 0 heterocycles. The molecule has 2 aromatic rings. The maximum atomic E-state index is 13.1. The Morgan fingerprint density at radius 1 is 0.879 bits per heavy atom. The monoisotopic (exact) mass is 489 g/mol. The van der Waals surface area contributed by atoms with Crippen molar-refractivity contribution in [1.29, 1.82) is 0 Å². The predicted octanol–water partition coefficient (Wildman–Crippen LogP) is 6.23. The number of ketones is 2. The van der Waals surface area contributed by atoms with E-state index in [1.807, 2.05) is 49.3 Å². The average molecular weight is 490 g/mol. The number of anilines is 2. The van der Waals surface area contributed by atoms with Crippen LogP contribution in [0.3, 0.4) is 0 Å². The predicted molar refractivity (Wildman–Crippen MR) is 148 cm³/mol. The van der Waals surface area contributed by atoms with Crippen molar-refractivity contribution in [3.8, 4) is 0 Å². The van der Waals surface area contributed by atoms with Crippen LogP contribution in [0, 0.1) is 0 Å². The van der Waals surface area contributed by atoms with Crippen LogP contribution in [-0.2, 0) is 0 Å². The van der Waals surface area contributed by atoms with Crippen molar-refractivity contribution in [2.45, 2.75) is 41.0 Å². The van der Waals surface area contributed by atoms with Gasteiger partial charge in [-0.05, 0) is 32.1 Å². The Kier molecular flexibility index (Phi) is 13.9. The number of nitrogen functional groups attached to an aromatic ring is 1. The highest BCUT2D eigenvalue weighted by molar-refractivity contribution is 8.76. The topological polar surface area (TPSA) is 75.4 Å². The Hall–Kier alpha value is -1.96. The molecule has 0 unspecified atom stereocenters. The molecule has 0 aliphatic heterocycles. The number of fused-ring (bicyclic) bond motifs is 2. The van der Waals surface area contributed by atoms with Crippen LogP contribution in [-0.4, -0.2) is 54.7 Å². The Labute approximate surface area is 207 Å². The van der Waals surface area contributed by atoms with Crippen molar-refractivity contribution in [1.82, 2.24) is 4.90 Å². The molecule has 0 amide bonds. The molecule has 0 saturated carbocycles. The average Bonchev–Trinajstić information content (AvgIpc) is 2.86. The summed E-state index contributed by atoms with van der Waals surface area (Å²) in [4.78, 5) is 28.3. The van der Waals surface area contributed by atoms with Gasteiger partial charge in [-0.25, -0.2) is 0 Å². The Bertz CT molecular complexity index is 903. The van der Waals surface area contributed by atoms with Crippen molar-refractivity contribution < 1.29 is 9.59 Å². The molecule has 2 aromatic carbocycles. The van der Waals surface area contributed by atoms with Crippen molar-refractivity contribution in [2.75, 3.05) is 49.2 Å². The van der Waals surface area contributed by atoms with E-state index in [1.165, 1.54) is 0 Å². The minimum atomic E-state index is -0.182. The second-order valence-electron chi connectivity index (χ2n) is 6.97. The van der Waals surface area contributed by atoms with Gasteiger partial charge in [0, 0.05) is 47.1 Å². The Balaban J connectivity index is 0.00000129. The van der Waals surface area contributed by atoms with E-state index < -0.39 is 0 Å². The quantitative estimate of drug-likeness (QED) is 0.198. The van der Waals surface area contributed by atoms with Gasteiger partial charge in [-0.15, -0.1) is 0 Å². The highest BCUT2D eigenvalue weighted by Crippen LogP contribution is 2.35. The molecular formula is C26H39N3O2S2. The van der Waals surface area contributed by atoms with Crippen LogP contribution in [0.4, 0.5) is 11.4 Å². The van der Waals surface area contributed by atoms with E-state index in [0.29, 0.717) is 33.6 Å². The maximum Gasteiger partial charge on any atom is 0.196 e. The van der Waals surface area contributed by atoms with Gasteiger partial charge in [-0.3, -0.25) is 9.59 Å². The first kappa shape index (κ1) is 29.1. The summed E-state index contributed by atoms with van der Waals surface area (Å²) in [7, 11) is 5.93. The molecule has 0 fully saturated rings. The van der Waals surface area contributed by atoms with Gasteiger partial charge >= 0.3 is 0 Å². The molecule has 33 heavy (non-hydrogen) atoms. The molecule has 0 saturated heterocycles. The van der Waals surface area contributed by atoms with E-state index in [2.05, 4.69) is 24.2 Å². The number of carbonyl (C=O) groups excluding carboxylic acids is 2. The first-order chi connectivity index (χ1) is 16.0. The van der Waals surface area contributed by atoms with Crippen LogP contribution in [0.15, 0.2) is 36.4 Å². The van der Waals surface area contributed by atoms with E-state index in [-0.39, 0.29) is 11.6 Å². The van der Waals surface area contributed by atoms with E-state index in [0.717, 1.165) is 37.6 Å². The van der Waals surface area contributed by atoms with Crippen LogP contribution in [0.5, 0.6) is 0 Å². The molecule has 0 aromatic heterocycles. The third-order valence-corrected chi connectivity index (χ3v) is 7.36. The highest BCUT2D eigenvalue weighted by Gasteiger charge is 2.33. The van der Waals surface area contributed by atoms with Crippen LogP contribution in [0.1, 0.15) is 72.9 Å². The zero-order valence-electron chi connectivity index (χ0n) is 20.9. The molecule has 0 spiro atoms. The lowest BCUT2D eigenvalue weighted by Crippen LogP contribution is -2.25. The lowest BCUT2D eigenvalue weighted by Gasteiger charge is -2.22. The van der Waals surface area contributed by atoms with Crippen molar-refractivity contribution in [3.05, 3.63) is 58.7 Å². The zero-order chi connectivity index (χ0) is 24.8. The molecule has 3 N–H and O–H groups in total. The largest absolute Gasteiger partial charge is 0.398 e. The van der Waals surface area contributed by atoms with Gasteiger partial charge in [0.25, 0.3) is 0 Å². The number of nitrogens with two attached hydrogens (primary N) is 1. The van der Waals surface area contributed by atoms with Gasteiger partial charge in [0.2, 0.25) is 0 Å². The Morgan fingerprint density at radius 2 is 1.48 bits per heavy atom. The number of nitrogens with zero attached hydrogens (tertiary/aromatic N) is 1. The summed E-state index contributed by atoms with van der Waals surface area (Å²) in [6, 6.07) is 10.4. The van der Waals surface area contributed by atoms with Gasteiger partial charge in [0.05, 0.1) is 11.1 Å². The number of hydrogen-bond donors (Lipinski definition) is 2. The molecule has 5 nitrogen and oxygen atoms in total. The molecule has 182 valence electrons. The summed E-state index contributed by atoms with van der Waals surface area (Å²) >= 11 is 0. The minimum Gasteiger partial charge on any atom is -0.398 e. The number of hydrogen-bond acceptors (Lipinski definition) is 7. The van der Waals surface area contributed by atoms with Crippen molar-refractivity contribution >= 4 is 44.5 Å². The highest BCUT2D eigenvalue weighted by atomic mass is 33.1. The van der Waals surface area contributed by atoms with Crippen LogP contribution >= 0.6 is 21.6 Å². The van der Waals surface area contributed by atoms with E-state index in [1.54, 1.807) is 36.4 Å². The molecule has 0 bridgehead atoms. The lowest BCUT2D eigenvalue weighted by atomic mass is 9.82. The zero-order valence-corrected chi connectivity index (χ0v) is 22.5. The van der Waals surface area contributed by atoms with Gasteiger partial charge in [0.15, 0.2) is 11.6 Å². The second-order valence-corrected chi connectivity index (χ2v) is 9.84. The summed E-state index contributed by atoms with van der Waals surface area (Å²) in [6.45, 7) is 12.9. The molecular weight excluding hydrogens is 450 g/mol. The first-order valence-electron chi connectivity index (χ1n) is 11.8. The number of nitrogens with one attached hydrogen (secondary N) is 1. The van der Waals surface area contributed by atoms with Gasteiger partial charge in [-0.1, -0.05) is 80.5 Å². The van der Waals surface area contributed by atoms with Crippen LogP contribution in [0.2, 0.25) is 0 Å². The number of benzene rings is 2. The minimum absolute atomic E-state index is 0.146. The number of carbonyl (C=O) groups is 2. The smallest absolute Gasteiger partial charge is 0.196 e. The molecule has 0 radical (unpaired) electrons. The third kappa shape index (κ3) is 7.80. The second kappa shape index (κ2) is 15.8. The first-order valence-corrected chi connectivity index (χ1v) is 14.3. The summed E-state index contributed by atoms with van der Waals surface area (Å²) < 4.78 is 0. The molecule has 0 atom stereocenters. The molecule has 7 heteroatoms. The molecule has 3 rings (SSSR count). The maximum absolute atomic E-state index is 13.1. The van der Waals surface area contributed by atoms with E-state index in [4.69, 9.17) is 5.73 Å². The summed E-state index contributed by atoms with van der Waals surface area (Å²) in [5.74, 6) is 1.92.